The average molecular weight is 347 g/mol. The lowest BCUT2D eigenvalue weighted by atomic mass is 10.1. The van der Waals surface area contributed by atoms with Gasteiger partial charge in [0.05, 0.1) is 12.0 Å². The normalized spacial score (nSPS) is 12.2. The first-order valence-corrected chi connectivity index (χ1v) is 8.96. The summed E-state index contributed by atoms with van der Waals surface area (Å²) in [6, 6.07) is 13.2. The molecule has 0 aromatic heterocycles. The summed E-state index contributed by atoms with van der Waals surface area (Å²) in [5, 5.41) is 2.60. The zero-order chi connectivity index (χ0) is 17.7. The second kappa shape index (κ2) is 7.27. The number of esters is 1. The van der Waals surface area contributed by atoms with Gasteiger partial charge in [0.2, 0.25) is 0 Å². The van der Waals surface area contributed by atoms with Gasteiger partial charge in [0.25, 0.3) is 5.91 Å². The highest BCUT2D eigenvalue weighted by Gasteiger charge is 2.24. The van der Waals surface area contributed by atoms with Crippen LogP contribution in [-0.2, 0) is 19.4 Å². The van der Waals surface area contributed by atoms with Gasteiger partial charge in [-0.25, -0.2) is 13.2 Å². The van der Waals surface area contributed by atoms with Gasteiger partial charge in [-0.1, -0.05) is 30.3 Å². The van der Waals surface area contributed by atoms with Crippen molar-refractivity contribution in [2.45, 2.75) is 10.9 Å². The van der Waals surface area contributed by atoms with Crippen molar-refractivity contribution in [2.75, 3.05) is 13.4 Å². The van der Waals surface area contributed by atoms with Crippen molar-refractivity contribution in [3.63, 3.8) is 0 Å². The van der Waals surface area contributed by atoms with Crippen LogP contribution in [-0.4, -0.2) is 33.7 Å². The molecular weight excluding hydrogens is 330 g/mol. The zero-order valence-corrected chi connectivity index (χ0v) is 14.0. The number of methoxy groups -OCH3 is 1. The maximum absolute atomic E-state index is 12.3. The number of hydrogen-bond acceptors (Lipinski definition) is 5. The fourth-order valence-electron chi connectivity index (χ4n) is 2.11. The molecular formula is C17H17NO5S. The van der Waals surface area contributed by atoms with E-state index < -0.39 is 27.8 Å². The third kappa shape index (κ3) is 4.20. The van der Waals surface area contributed by atoms with Crippen LogP contribution in [0.25, 0.3) is 0 Å². The Morgan fingerprint density at radius 3 is 2.08 bits per heavy atom. The van der Waals surface area contributed by atoms with Crippen molar-refractivity contribution in [1.82, 2.24) is 5.32 Å². The molecule has 1 atom stereocenters. The van der Waals surface area contributed by atoms with E-state index in [1.807, 2.05) is 0 Å². The Hall–Kier alpha value is -2.67. The van der Waals surface area contributed by atoms with Crippen LogP contribution in [0.1, 0.15) is 22.0 Å². The van der Waals surface area contributed by atoms with Gasteiger partial charge in [0.15, 0.2) is 15.9 Å². The van der Waals surface area contributed by atoms with Gasteiger partial charge >= 0.3 is 5.97 Å². The number of sulfone groups is 1. The number of hydrogen-bond donors (Lipinski definition) is 1. The van der Waals surface area contributed by atoms with E-state index in [9.17, 15) is 18.0 Å². The molecule has 2 aromatic carbocycles. The van der Waals surface area contributed by atoms with Gasteiger partial charge in [-0.15, -0.1) is 0 Å². The second-order valence-corrected chi connectivity index (χ2v) is 7.15. The first-order valence-electron chi connectivity index (χ1n) is 7.06. The van der Waals surface area contributed by atoms with Crippen LogP contribution in [0.5, 0.6) is 0 Å². The van der Waals surface area contributed by atoms with Crippen molar-refractivity contribution >= 4 is 21.7 Å². The van der Waals surface area contributed by atoms with Gasteiger partial charge in [-0.2, -0.15) is 0 Å². The molecule has 0 aliphatic carbocycles. The highest BCUT2D eigenvalue weighted by Crippen LogP contribution is 2.16. The van der Waals surface area contributed by atoms with Crippen molar-refractivity contribution in [1.29, 1.82) is 0 Å². The van der Waals surface area contributed by atoms with E-state index in [4.69, 9.17) is 4.74 Å². The predicted molar refractivity (Wildman–Crippen MR) is 88.2 cm³/mol. The van der Waals surface area contributed by atoms with E-state index in [2.05, 4.69) is 5.32 Å². The van der Waals surface area contributed by atoms with E-state index in [1.54, 1.807) is 30.3 Å². The molecule has 0 fully saturated rings. The standard InChI is InChI=1S/C17H17NO5S/c1-23-17(20)15(12-6-4-3-5-7-12)18-16(19)13-8-10-14(11-9-13)24(2,21)22/h3-11,15H,1-2H3,(H,18,19). The summed E-state index contributed by atoms with van der Waals surface area (Å²) in [4.78, 5) is 24.4. The number of nitrogens with one attached hydrogen (secondary N) is 1. The zero-order valence-electron chi connectivity index (χ0n) is 13.2. The Kier molecular flexibility index (Phi) is 5.35. The van der Waals surface area contributed by atoms with Crippen molar-refractivity contribution in [2.24, 2.45) is 0 Å². The number of carbonyl (C=O) groups is 2. The summed E-state index contributed by atoms with van der Waals surface area (Å²) >= 11 is 0. The SMILES string of the molecule is COC(=O)C(NC(=O)c1ccc(S(C)(=O)=O)cc1)c1ccccc1. The molecule has 1 amide bonds. The van der Waals surface area contributed by atoms with Crippen molar-refractivity contribution < 1.29 is 22.7 Å². The molecule has 0 saturated heterocycles. The average Bonchev–Trinajstić information content (AvgIpc) is 2.59. The van der Waals surface area contributed by atoms with E-state index in [-0.39, 0.29) is 10.5 Å². The van der Waals surface area contributed by atoms with Gasteiger partial charge in [-0.05, 0) is 29.8 Å². The van der Waals surface area contributed by atoms with E-state index in [0.717, 1.165) is 6.26 Å². The fraction of sp³-hybridized carbons (Fsp3) is 0.176. The van der Waals surface area contributed by atoms with Crippen LogP contribution < -0.4 is 5.32 Å². The first-order chi connectivity index (χ1) is 11.3. The van der Waals surface area contributed by atoms with Gasteiger partial charge in [0, 0.05) is 11.8 Å². The van der Waals surface area contributed by atoms with Gasteiger partial charge in [-0.3, -0.25) is 4.79 Å². The molecule has 0 aliphatic rings. The van der Waals surface area contributed by atoms with Crippen LogP contribution in [0, 0.1) is 0 Å². The maximum atomic E-state index is 12.3. The third-order valence-corrected chi connectivity index (χ3v) is 4.52. The van der Waals surface area contributed by atoms with Crippen LogP contribution in [0.2, 0.25) is 0 Å². The molecule has 24 heavy (non-hydrogen) atoms. The Balaban J connectivity index is 2.23. The maximum Gasteiger partial charge on any atom is 0.333 e. The summed E-state index contributed by atoms with van der Waals surface area (Å²) < 4.78 is 27.6. The fourth-order valence-corrected chi connectivity index (χ4v) is 2.74. The smallest absolute Gasteiger partial charge is 0.333 e. The van der Waals surface area contributed by atoms with Crippen LogP contribution >= 0.6 is 0 Å². The molecule has 0 radical (unpaired) electrons. The van der Waals surface area contributed by atoms with Crippen LogP contribution in [0.4, 0.5) is 0 Å². The molecule has 1 N–H and O–H groups in total. The quantitative estimate of drug-likeness (QED) is 0.832. The summed E-state index contributed by atoms with van der Waals surface area (Å²) in [5.41, 5.74) is 0.831. The number of carbonyl (C=O) groups excluding carboxylic acids is 2. The second-order valence-electron chi connectivity index (χ2n) is 5.14. The number of ether oxygens (including phenoxy) is 1. The molecule has 126 valence electrons. The monoisotopic (exact) mass is 347 g/mol. The lowest BCUT2D eigenvalue weighted by Gasteiger charge is -2.17. The summed E-state index contributed by atoms with van der Waals surface area (Å²) in [6.45, 7) is 0. The highest BCUT2D eigenvalue weighted by molar-refractivity contribution is 7.90. The molecule has 2 aromatic rings. The molecule has 7 heteroatoms. The molecule has 0 aliphatic heterocycles. The highest BCUT2D eigenvalue weighted by atomic mass is 32.2. The molecule has 6 nitrogen and oxygen atoms in total. The van der Waals surface area contributed by atoms with E-state index in [1.165, 1.54) is 31.4 Å². The summed E-state index contributed by atoms with van der Waals surface area (Å²) in [5.74, 6) is -1.10. The number of rotatable bonds is 5. The third-order valence-electron chi connectivity index (χ3n) is 3.39. The van der Waals surface area contributed by atoms with Crippen LogP contribution in [0.3, 0.4) is 0 Å². The molecule has 1 unspecified atom stereocenters. The Labute approximate surface area is 140 Å². The van der Waals surface area contributed by atoms with E-state index >= 15 is 0 Å². The molecule has 0 saturated carbocycles. The van der Waals surface area contributed by atoms with Crippen molar-refractivity contribution in [3.8, 4) is 0 Å². The van der Waals surface area contributed by atoms with Crippen molar-refractivity contribution in [3.05, 3.63) is 65.7 Å². The summed E-state index contributed by atoms with van der Waals surface area (Å²) in [7, 11) is -2.09. The molecule has 2 rings (SSSR count). The Morgan fingerprint density at radius 1 is 1.00 bits per heavy atom. The van der Waals surface area contributed by atoms with Gasteiger partial charge < -0.3 is 10.1 Å². The van der Waals surface area contributed by atoms with Gasteiger partial charge in [0.1, 0.15) is 0 Å². The molecule has 0 heterocycles. The Bertz CT molecular complexity index is 829. The first kappa shape index (κ1) is 17.7. The summed E-state index contributed by atoms with van der Waals surface area (Å²) in [6.07, 6.45) is 1.09. The largest absolute Gasteiger partial charge is 0.467 e. The lowest BCUT2D eigenvalue weighted by molar-refractivity contribution is -0.143. The lowest BCUT2D eigenvalue weighted by Crippen LogP contribution is -2.34. The number of benzene rings is 2. The minimum Gasteiger partial charge on any atom is -0.467 e. The molecule has 0 bridgehead atoms. The Morgan fingerprint density at radius 2 is 1.58 bits per heavy atom. The van der Waals surface area contributed by atoms with Crippen LogP contribution in [0.15, 0.2) is 59.5 Å². The molecule has 0 spiro atoms. The van der Waals surface area contributed by atoms with E-state index in [0.29, 0.717) is 5.56 Å². The minimum atomic E-state index is -3.33. The number of amides is 1. The topological polar surface area (TPSA) is 89.5 Å². The minimum absolute atomic E-state index is 0.117. The predicted octanol–water partition coefficient (Wildman–Crippen LogP) is 1.73.